The monoisotopic (exact) mass is 869 g/mol. The molecule has 13 rings (SSSR count). The summed E-state index contributed by atoms with van der Waals surface area (Å²) in [7, 11) is 0. The van der Waals surface area contributed by atoms with Gasteiger partial charge in [0.15, 0.2) is 0 Å². The van der Waals surface area contributed by atoms with Crippen LogP contribution in [-0.4, -0.2) is 0 Å². The molecule has 12 aromatic rings. The van der Waals surface area contributed by atoms with Crippen molar-refractivity contribution in [3.8, 4) is 44.5 Å². The summed E-state index contributed by atoms with van der Waals surface area (Å²) < 4.78 is 2.63. The zero-order valence-electron chi connectivity index (χ0n) is 36.7. The molecule has 11 aromatic carbocycles. The van der Waals surface area contributed by atoms with Crippen molar-refractivity contribution in [2.24, 2.45) is 0 Å². The van der Waals surface area contributed by atoms with Gasteiger partial charge in [-0.05, 0) is 103 Å². The Hall–Kier alpha value is -8.30. The molecule has 0 aliphatic heterocycles. The van der Waals surface area contributed by atoms with Crippen molar-refractivity contribution in [2.45, 2.75) is 5.41 Å². The average molecular weight is 870 g/mol. The standard InChI is InChI=1S/C65H43NS/c1-4-19-45(20-5-1)53-41-38-49(48-35-34-44-18-10-11-21-47(44)42-48)43-61(53)66(52-39-36-46(37-40-52)54-28-16-29-56-55-26-13-15-33-62(55)67-64(54)56)60-32-17-31-59-63(60)57-27-12-14-30-58(57)65(59,50-22-6-2-7-23-50)51-24-8-3-9-25-51/h1-43H. The number of rotatable bonds is 8. The van der Waals surface area contributed by atoms with Gasteiger partial charge >= 0.3 is 0 Å². The SMILES string of the molecule is c1ccc(-c2ccc(-c3ccc4ccccc4c3)cc2N(c2ccc(-c3cccc4c3sc3ccccc34)cc2)c2cccc3c2-c2ccccc2C3(c2ccccc2)c2ccccc2)cc1. The fraction of sp³-hybridized carbons (Fsp3) is 0.0154. The highest BCUT2D eigenvalue weighted by Gasteiger charge is 2.47. The Kier molecular flexibility index (Phi) is 9.33. The van der Waals surface area contributed by atoms with Crippen LogP contribution in [0.15, 0.2) is 261 Å². The van der Waals surface area contributed by atoms with Crippen molar-refractivity contribution in [3.05, 3.63) is 283 Å². The lowest BCUT2D eigenvalue weighted by molar-refractivity contribution is 0.768. The molecule has 0 saturated carbocycles. The highest BCUT2D eigenvalue weighted by Crippen LogP contribution is 2.60. The molecule has 1 aliphatic rings. The van der Waals surface area contributed by atoms with Crippen LogP contribution in [0.4, 0.5) is 17.1 Å². The lowest BCUT2D eigenvalue weighted by Crippen LogP contribution is -2.28. The zero-order valence-corrected chi connectivity index (χ0v) is 37.5. The zero-order chi connectivity index (χ0) is 44.3. The molecule has 0 amide bonds. The summed E-state index contributed by atoms with van der Waals surface area (Å²) in [5, 5.41) is 5.08. The molecule has 1 heterocycles. The Bertz CT molecular complexity index is 3760. The highest BCUT2D eigenvalue weighted by molar-refractivity contribution is 7.26. The lowest BCUT2D eigenvalue weighted by Gasteiger charge is -2.34. The van der Waals surface area contributed by atoms with Crippen molar-refractivity contribution in [1.29, 1.82) is 0 Å². The van der Waals surface area contributed by atoms with E-state index >= 15 is 0 Å². The summed E-state index contributed by atoms with van der Waals surface area (Å²) in [6.07, 6.45) is 0. The number of hydrogen-bond acceptors (Lipinski definition) is 2. The maximum Gasteiger partial charge on any atom is 0.0714 e. The van der Waals surface area contributed by atoms with E-state index in [1.165, 1.54) is 81.0 Å². The molecule has 0 spiro atoms. The molecule has 0 N–H and O–H groups in total. The molecule has 0 saturated heterocycles. The minimum absolute atomic E-state index is 0.544. The average Bonchev–Trinajstić information content (AvgIpc) is 3.94. The largest absolute Gasteiger partial charge is 0.309 e. The second-order valence-electron chi connectivity index (χ2n) is 17.5. The first-order valence-corrected chi connectivity index (χ1v) is 23.9. The van der Waals surface area contributed by atoms with Crippen molar-refractivity contribution < 1.29 is 0 Å². The van der Waals surface area contributed by atoms with E-state index in [0.29, 0.717) is 0 Å². The molecular formula is C65H43NS. The third kappa shape index (κ3) is 6.29. The number of thiophene rings is 1. The first kappa shape index (κ1) is 39.1. The molecule has 0 bridgehead atoms. The Morgan fingerprint density at radius 2 is 0.896 bits per heavy atom. The molecule has 1 nitrogen and oxygen atoms in total. The lowest BCUT2D eigenvalue weighted by atomic mass is 9.68. The van der Waals surface area contributed by atoms with Crippen LogP contribution in [0.25, 0.3) is 75.5 Å². The van der Waals surface area contributed by atoms with Crippen molar-refractivity contribution in [3.63, 3.8) is 0 Å². The summed E-state index contributed by atoms with van der Waals surface area (Å²) in [6.45, 7) is 0. The molecule has 314 valence electrons. The van der Waals surface area contributed by atoms with Crippen LogP contribution in [0.3, 0.4) is 0 Å². The quantitative estimate of drug-likeness (QED) is 0.147. The van der Waals surface area contributed by atoms with Gasteiger partial charge in [0.25, 0.3) is 0 Å². The maximum absolute atomic E-state index is 2.54. The van der Waals surface area contributed by atoms with Gasteiger partial charge in [-0.25, -0.2) is 0 Å². The van der Waals surface area contributed by atoms with Gasteiger partial charge in [-0.15, -0.1) is 11.3 Å². The van der Waals surface area contributed by atoms with E-state index < -0.39 is 5.41 Å². The van der Waals surface area contributed by atoms with Crippen LogP contribution >= 0.6 is 11.3 Å². The molecule has 0 unspecified atom stereocenters. The summed E-state index contributed by atoms with van der Waals surface area (Å²) in [6, 6.07) is 96.5. The third-order valence-corrected chi connectivity index (χ3v) is 15.2. The Morgan fingerprint density at radius 1 is 0.328 bits per heavy atom. The van der Waals surface area contributed by atoms with Gasteiger partial charge in [0.05, 0.1) is 16.8 Å². The number of benzene rings is 11. The molecule has 0 fully saturated rings. The second-order valence-corrected chi connectivity index (χ2v) is 18.6. The number of anilines is 3. The van der Waals surface area contributed by atoms with Gasteiger partial charge < -0.3 is 4.90 Å². The van der Waals surface area contributed by atoms with E-state index in [9.17, 15) is 0 Å². The fourth-order valence-electron chi connectivity index (χ4n) is 11.0. The predicted octanol–water partition coefficient (Wildman–Crippen LogP) is 18.0. The van der Waals surface area contributed by atoms with E-state index in [1.54, 1.807) is 0 Å². The van der Waals surface area contributed by atoms with Crippen molar-refractivity contribution >= 4 is 59.3 Å². The van der Waals surface area contributed by atoms with Crippen LogP contribution in [0.2, 0.25) is 0 Å². The van der Waals surface area contributed by atoms with Gasteiger partial charge in [-0.1, -0.05) is 224 Å². The molecule has 0 atom stereocenters. The van der Waals surface area contributed by atoms with E-state index in [-0.39, 0.29) is 0 Å². The first-order valence-electron chi connectivity index (χ1n) is 23.1. The van der Waals surface area contributed by atoms with Gasteiger partial charge in [-0.3, -0.25) is 0 Å². The smallest absolute Gasteiger partial charge is 0.0714 e. The maximum atomic E-state index is 2.54. The van der Waals surface area contributed by atoms with Gasteiger partial charge in [0.2, 0.25) is 0 Å². The summed E-state index contributed by atoms with van der Waals surface area (Å²) in [5.74, 6) is 0. The Morgan fingerprint density at radius 3 is 1.69 bits per heavy atom. The molecule has 1 aromatic heterocycles. The van der Waals surface area contributed by atoms with E-state index in [1.807, 2.05) is 11.3 Å². The van der Waals surface area contributed by atoms with Crippen molar-refractivity contribution in [1.82, 2.24) is 0 Å². The summed E-state index contributed by atoms with van der Waals surface area (Å²) in [5.41, 5.74) is 17.4. The van der Waals surface area contributed by atoms with Crippen LogP contribution in [-0.2, 0) is 5.41 Å². The summed E-state index contributed by atoms with van der Waals surface area (Å²) >= 11 is 1.88. The summed E-state index contributed by atoms with van der Waals surface area (Å²) in [4.78, 5) is 2.54. The van der Waals surface area contributed by atoms with E-state index in [4.69, 9.17) is 0 Å². The van der Waals surface area contributed by atoms with Gasteiger partial charge in [0, 0.05) is 37.0 Å². The minimum Gasteiger partial charge on any atom is -0.309 e. The fourth-order valence-corrected chi connectivity index (χ4v) is 12.2. The van der Waals surface area contributed by atoms with Crippen LogP contribution in [0.5, 0.6) is 0 Å². The molecule has 67 heavy (non-hydrogen) atoms. The topological polar surface area (TPSA) is 3.24 Å². The number of hydrogen-bond donors (Lipinski definition) is 0. The first-order chi connectivity index (χ1) is 33.2. The number of fused-ring (bicyclic) bond motifs is 7. The third-order valence-electron chi connectivity index (χ3n) is 13.9. The highest BCUT2D eigenvalue weighted by atomic mass is 32.1. The second kappa shape index (κ2) is 16.0. The molecule has 0 radical (unpaired) electrons. The Labute approximate surface area is 395 Å². The molecule has 2 heteroatoms. The normalized spacial score (nSPS) is 12.6. The van der Waals surface area contributed by atoms with Crippen LogP contribution in [0.1, 0.15) is 22.3 Å². The van der Waals surface area contributed by atoms with Crippen LogP contribution in [0, 0.1) is 0 Å². The van der Waals surface area contributed by atoms with Crippen LogP contribution < -0.4 is 4.90 Å². The van der Waals surface area contributed by atoms with E-state index in [0.717, 1.165) is 33.8 Å². The molecular weight excluding hydrogens is 827 g/mol. The van der Waals surface area contributed by atoms with Gasteiger partial charge in [0.1, 0.15) is 0 Å². The number of nitrogens with zero attached hydrogens (tertiary/aromatic N) is 1. The Balaban J connectivity index is 1.09. The molecule has 1 aliphatic carbocycles. The van der Waals surface area contributed by atoms with E-state index in [2.05, 4.69) is 266 Å². The van der Waals surface area contributed by atoms with Crippen molar-refractivity contribution in [2.75, 3.05) is 4.90 Å². The predicted molar refractivity (Wildman–Crippen MR) is 285 cm³/mol. The minimum atomic E-state index is -0.544. The van der Waals surface area contributed by atoms with Gasteiger partial charge in [-0.2, -0.15) is 0 Å².